The zero-order valence-corrected chi connectivity index (χ0v) is 11.8. The van der Waals surface area contributed by atoms with Crippen LogP contribution in [0.5, 0.6) is 0 Å². The third kappa shape index (κ3) is 3.69. The van der Waals surface area contributed by atoms with Crippen molar-refractivity contribution < 1.29 is 15.2 Å². The summed E-state index contributed by atoms with van der Waals surface area (Å²) in [5.74, 6) is 0. The number of hydrogen-bond donors (Lipinski definition) is 0. The van der Waals surface area contributed by atoms with Gasteiger partial charge in [-0.15, -0.1) is 24.0 Å². The molecule has 0 amide bonds. The quantitative estimate of drug-likeness (QED) is 0.539. The number of hydrogen-bond acceptors (Lipinski definition) is 0. The molecule has 0 nitrogen and oxygen atoms in total. The molecule has 0 saturated heterocycles. The van der Waals surface area contributed by atoms with E-state index < -0.39 is 15.2 Å². The van der Waals surface area contributed by atoms with Crippen molar-refractivity contribution in [3.63, 3.8) is 0 Å². The maximum absolute atomic E-state index is 3.54. The van der Waals surface area contributed by atoms with Crippen LogP contribution in [0.4, 0.5) is 0 Å². The summed E-state index contributed by atoms with van der Waals surface area (Å²) in [5.41, 5.74) is 0. The van der Waals surface area contributed by atoms with Gasteiger partial charge in [0.25, 0.3) is 0 Å². The van der Waals surface area contributed by atoms with Crippen molar-refractivity contribution in [1.82, 2.24) is 0 Å². The van der Waals surface area contributed by atoms with Crippen LogP contribution in [0.1, 0.15) is 0 Å². The molecular formula is C6H6BrIZn. The molecule has 0 bridgehead atoms. The molecule has 9 heavy (non-hydrogen) atoms. The van der Waals surface area contributed by atoms with Crippen molar-refractivity contribution in [2.24, 2.45) is 0 Å². The summed E-state index contributed by atoms with van der Waals surface area (Å²) < 4.78 is 1.51. The first kappa shape index (κ1) is 10.1. The second-order valence-electron chi connectivity index (χ2n) is 1.62. The average Bonchev–Trinajstić information content (AvgIpc) is 1.90. The molecule has 0 aliphatic rings. The van der Waals surface area contributed by atoms with Gasteiger partial charge in [0.1, 0.15) is 0 Å². The second kappa shape index (κ2) is 5.81. The number of rotatable bonds is 1. The van der Waals surface area contributed by atoms with Gasteiger partial charge in [0.2, 0.25) is 0 Å². The van der Waals surface area contributed by atoms with E-state index in [0.717, 1.165) is 0 Å². The van der Waals surface area contributed by atoms with Gasteiger partial charge in [0.05, 0.1) is 0 Å². The Kier molecular flexibility index (Phi) is 6.49. The van der Waals surface area contributed by atoms with Gasteiger partial charge < -0.3 is 0 Å². The summed E-state index contributed by atoms with van der Waals surface area (Å²) in [6.45, 7) is 0. The van der Waals surface area contributed by atoms with Gasteiger partial charge in [-0.05, 0) is 0 Å². The first-order valence-electron chi connectivity index (χ1n) is 2.53. The predicted octanol–water partition coefficient (Wildman–Crippen LogP) is 2.32. The molecule has 1 aromatic rings. The van der Waals surface area contributed by atoms with Crippen LogP contribution in [0, 0.1) is 0 Å². The van der Waals surface area contributed by atoms with Gasteiger partial charge in [0.15, 0.2) is 0 Å². The zero-order valence-electron chi connectivity index (χ0n) is 4.88. The minimum absolute atomic E-state index is 0. The Morgan fingerprint density at radius 1 is 1.11 bits per heavy atom. The number of benzene rings is 1. The van der Waals surface area contributed by atoms with Crippen LogP contribution < -0.4 is 4.16 Å². The van der Waals surface area contributed by atoms with E-state index in [4.69, 9.17) is 0 Å². The molecule has 0 spiro atoms. The van der Waals surface area contributed by atoms with Gasteiger partial charge >= 0.3 is 63.3 Å². The molecule has 0 unspecified atom stereocenters. The van der Waals surface area contributed by atoms with E-state index in [1.54, 1.807) is 0 Å². The molecule has 0 atom stereocenters. The van der Waals surface area contributed by atoms with E-state index in [1.807, 2.05) is 0 Å². The summed E-state index contributed by atoms with van der Waals surface area (Å²) in [5, 5.41) is 0. The van der Waals surface area contributed by atoms with Crippen LogP contribution in [-0.2, 0) is 15.2 Å². The van der Waals surface area contributed by atoms with E-state index in [-0.39, 0.29) is 24.0 Å². The molecule has 0 aliphatic carbocycles. The third-order valence-electron chi connectivity index (χ3n) is 0.997. The second-order valence-corrected chi connectivity index (χ2v) is 6.81. The van der Waals surface area contributed by atoms with Crippen LogP contribution >= 0.6 is 37.6 Å². The molecular weight excluding hydrogens is 344 g/mol. The fourth-order valence-corrected chi connectivity index (χ4v) is 3.45. The molecule has 0 heterocycles. The van der Waals surface area contributed by atoms with E-state index in [0.29, 0.717) is 0 Å². The Hall–Kier alpha value is 1.05. The van der Waals surface area contributed by atoms with Crippen LogP contribution in [0.15, 0.2) is 30.3 Å². The molecule has 0 radical (unpaired) electrons. The van der Waals surface area contributed by atoms with Crippen LogP contribution in [0.2, 0.25) is 0 Å². The zero-order chi connectivity index (χ0) is 5.82. The summed E-state index contributed by atoms with van der Waals surface area (Å²) in [4.78, 5) is 0. The van der Waals surface area contributed by atoms with Crippen LogP contribution in [-0.4, -0.2) is 0 Å². The summed E-state index contributed by atoms with van der Waals surface area (Å²) >= 11 is 3.08. The molecule has 3 heteroatoms. The van der Waals surface area contributed by atoms with Crippen molar-refractivity contribution in [2.75, 3.05) is 0 Å². The van der Waals surface area contributed by atoms with Crippen molar-refractivity contribution in [3.05, 3.63) is 30.3 Å². The molecule has 1 rings (SSSR count). The van der Waals surface area contributed by atoms with E-state index in [9.17, 15) is 0 Å². The topological polar surface area (TPSA) is 0 Å². The van der Waals surface area contributed by atoms with E-state index in [1.165, 1.54) is 4.16 Å². The Morgan fingerprint density at radius 3 is 2.00 bits per heavy atom. The average molecular weight is 350 g/mol. The Bertz CT molecular complexity index is 154. The van der Waals surface area contributed by atoms with Crippen molar-refractivity contribution in [1.29, 1.82) is 0 Å². The van der Waals surface area contributed by atoms with Crippen molar-refractivity contribution >= 4 is 41.8 Å². The molecule has 1 aromatic carbocycles. The van der Waals surface area contributed by atoms with Gasteiger partial charge in [-0.3, -0.25) is 0 Å². The van der Waals surface area contributed by atoms with Crippen molar-refractivity contribution in [2.45, 2.75) is 0 Å². The Balaban J connectivity index is 0.000000640. The minimum atomic E-state index is -0.463. The third-order valence-corrected chi connectivity index (χ3v) is 6.00. The monoisotopic (exact) mass is 348 g/mol. The summed E-state index contributed by atoms with van der Waals surface area (Å²) in [6.07, 6.45) is 0. The molecule has 0 aliphatic heterocycles. The Labute approximate surface area is 86.4 Å². The van der Waals surface area contributed by atoms with Gasteiger partial charge in [0, 0.05) is 0 Å². The summed E-state index contributed by atoms with van der Waals surface area (Å²) in [6, 6.07) is 10.6. The van der Waals surface area contributed by atoms with Gasteiger partial charge in [-0.1, -0.05) is 0 Å². The maximum atomic E-state index is 3.54. The molecule has 0 fully saturated rings. The molecule has 46 valence electrons. The van der Waals surface area contributed by atoms with Crippen LogP contribution in [0.25, 0.3) is 0 Å². The number of halogens is 2. The SMILES string of the molecule is I.[Br][Zn][c]1ccccc1. The molecule has 0 aromatic heterocycles. The molecule has 0 saturated carbocycles. The normalized spacial score (nSPS) is 7.22. The fraction of sp³-hybridized carbons (Fsp3) is 0. The standard InChI is InChI=1S/C6H5.BrH.HI.Zn/c1-2-4-6-5-3-1;;;/h1-5H;2*1H;/q;;;+1/p-1. The Morgan fingerprint density at radius 2 is 1.67 bits per heavy atom. The molecule has 0 N–H and O–H groups in total. The van der Waals surface area contributed by atoms with Crippen molar-refractivity contribution in [3.8, 4) is 0 Å². The first-order valence-corrected chi connectivity index (χ1v) is 11.0. The van der Waals surface area contributed by atoms with Crippen LogP contribution in [0.3, 0.4) is 0 Å². The fourth-order valence-electron chi connectivity index (χ4n) is 0.567. The first-order chi connectivity index (χ1) is 3.93. The summed E-state index contributed by atoms with van der Waals surface area (Å²) in [7, 11) is 0. The van der Waals surface area contributed by atoms with Gasteiger partial charge in [-0.2, -0.15) is 0 Å². The van der Waals surface area contributed by atoms with E-state index >= 15 is 0 Å². The van der Waals surface area contributed by atoms with Gasteiger partial charge in [-0.25, -0.2) is 0 Å². The van der Waals surface area contributed by atoms with E-state index in [2.05, 4.69) is 44.0 Å². The predicted molar refractivity (Wildman–Crippen MR) is 50.4 cm³/mol.